The number of nitrogens with zero attached hydrogens (tertiary/aromatic N) is 4. The van der Waals surface area contributed by atoms with Crippen molar-refractivity contribution in [2.75, 3.05) is 6.61 Å². The van der Waals surface area contributed by atoms with Gasteiger partial charge in [-0.1, -0.05) is 55.8 Å². The highest BCUT2D eigenvalue weighted by Gasteiger charge is 2.29. The molecule has 2 aromatic heterocycles. The van der Waals surface area contributed by atoms with E-state index in [0.29, 0.717) is 18.7 Å². The van der Waals surface area contributed by atoms with Crippen molar-refractivity contribution < 1.29 is 14.6 Å². The molecule has 0 radical (unpaired) electrons. The second-order valence-corrected chi connectivity index (χ2v) is 12.7. The molecule has 1 amide bonds. The van der Waals surface area contributed by atoms with Crippen molar-refractivity contribution in [1.29, 1.82) is 0 Å². The predicted molar refractivity (Wildman–Crippen MR) is 171 cm³/mol. The van der Waals surface area contributed by atoms with E-state index in [0.717, 1.165) is 77.7 Å². The number of hydrogen-bond acceptors (Lipinski definition) is 6. The summed E-state index contributed by atoms with van der Waals surface area (Å²) in [5.74, 6) is -0.123. The maximum Gasteiger partial charge on any atom is 0.257 e. The second-order valence-electron chi connectivity index (χ2n) is 12.7. The van der Waals surface area contributed by atoms with Crippen LogP contribution in [0.1, 0.15) is 87.7 Å². The summed E-state index contributed by atoms with van der Waals surface area (Å²) >= 11 is 0. The van der Waals surface area contributed by atoms with Crippen LogP contribution in [0, 0.1) is 0 Å². The topological polar surface area (TPSA) is 110 Å². The van der Waals surface area contributed by atoms with Crippen LogP contribution in [0.5, 0.6) is 0 Å². The maximum atomic E-state index is 14.5. The number of ether oxygens (including phenoxy) is 1. The molecule has 0 atom stereocenters. The normalized spacial score (nSPS) is 18.9. The van der Waals surface area contributed by atoms with Crippen molar-refractivity contribution in [3.05, 3.63) is 93.5 Å². The fraction of sp³-hybridized carbons (Fsp3) is 0.429. The first kappa shape index (κ1) is 30.0. The molecule has 1 aliphatic heterocycles. The Balaban J connectivity index is 1.37. The first-order chi connectivity index (χ1) is 21.2. The van der Waals surface area contributed by atoms with E-state index in [-0.39, 0.29) is 30.0 Å². The van der Waals surface area contributed by atoms with E-state index < -0.39 is 5.60 Å². The van der Waals surface area contributed by atoms with E-state index in [1.807, 2.05) is 33.3 Å². The van der Waals surface area contributed by atoms with Gasteiger partial charge < -0.3 is 9.84 Å². The molecular formula is C35H41N5O4. The van der Waals surface area contributed by atoms with E-state index in [9.17, 15) is 14.7 Å². The molecule has 1 saturated carbocycles. The number of hydrogen-bond donors (Lipinski definition) is 2. The van der Waals surface area contributed by atoms with Crippen molar-refractivity contribution >= 4 is 17.3 Å². The summed E-state index contributed by atoms with van der Waals surface area (Å²) in [7, 11) is 0. The third kappa shape index (κ3) is 6.25. The third-order valence-corrected chi connectivity index (χ3v) is 8.62. The van der Waals surface area contributed by atoms with E-state index in [1.165, 1.54) is 0 Å². The Morgan fingerprint density at radius 3 is 2.48 bits per heavy atom. The number of aryl methyl sites for hydroxylation is 1. The Morgan fingerprint density at radius 1 is 1.02 bits per heavy atom. The molecule has 2 N–H and O–H groups in total. The minimum Gasteiger partial charge on any atom is -0.388 e. The summed E-state index contributed by atoms with van der Waals surface area (Å²) in [6.07, 6.45) is 7.46. The molecule has 0 spiro atoms. The highest BCUT2D eigenvalue weighted by Crippen LogP contribution is 2.32. The van der Waals surface area contributed by atoms with Crippen LogP contribution in [-0.4, -0.2) is 49.2 Å². The van der Waals surface area contributed by atoms with Crippen molar-refractivity contribution in [3.8, 4) is 11.1 Å². The Bertz CT molecular complexity index is 1740. The average molecular weight is 596 g/mol. The number of carbonyl (C=O) groups excluding carboxylic acids is 1. The number of fused-ring (bicyclic) bond motifs is 1. The molecule has 0 saturated heterocycles. The molecule has 6 rings (SSSR count). The smallest absolute Gasteiger partial charge is 0.257 e. The lowest BCUT2D eigenvalue weighted by Crippen LogP contribution is -2.36. The highest BCUT2D eigenvalue weighted by atomic mass is 16.5. The number of amides is 1. The van der Waals surface area contributed by atoms with Gasteiger partial charge in [-0.2, -0.15) is 10.2 Å². The average Bonchev–Trinajstić information content (AvgIpc) is 3.68. The third-order valence-electron chi connectivity index (χ3n) is 8.62. The van der Waals surface area contributed by atoms with Crippen LogP contribution < -0.4 is 11.0 Å². The fourth-order valence-electron chi connectivity index (χ4n) is 6.53. The van der Waals surface area contributed by atoms with Crippen LogP contribution >= 0.6 is 0 Å². The fourth-order valence-corrected chi connectivity index (χ4v) is 6.53. The molecule has 9 nitrogen and oxygen atoms in total. The lowest BCUT2D eigenvalue weighted by molar-refractivity contribution is -0.119. The van der Waals surface area contributed by atoms with E-state index in [1.54, 1.807) is 20.0 Å². The van der Waals surface area contributed by atoms with E-state index >= 15 is 0 Å². The van der Waals surface area contributed by atoms with Gasteiger partial charge in [0, 0.05) is 29.7 Å². The van der Waals surface area contributed by atoms with Crippen molar-refractivity contribution in [2.45, 2.75) is 89.9 Å². The number of carbonyl (C=O) groups is 1. The largest absolute Gasteiger partial charge is 0.388 e. The molecular weight excluding hydrogens is 554 g/mol. The number of aliphatic hydroxyl groups is 1. The van der Waals surface area contributed by atoms with Crippen LogP contribution in [0.4, 0.5) is 0 Å². The molecule has 44 heavy (non-hydrogen) atoms. The minimum atomic E-state index is -0.864. The van der Waals surface area contributed by atoms with E-state index in [4.69, 9.17) is 4.74 Å². The highest BCUT2D eigenvalue weighted by molar-refractivity contribution is 6.16. The molecule has 2 aliphatic rings. The Kier molecular flexibility index (Phi) is 8.51. The molecule has 2 aromatic carbocycles. The van der Waals surface area contributed by atoms with Crippen LogP contribution in [0.25, 0.3) is 16.8 Å². The van der Waals surface area contributed by atoms with Crippen molar-refractivity contribution in [3.63, 3.8) is 0 Å². The van der Waals surface area contributed by atoms with Gasteiger partial charge in [0.15, 0.2) is 0 Å². The van der Waals surface area contributed by atoms with Crippen LogP contribution in [0.2, 0.25) is 0 Å². The monoisotopic (exact) mass is 595 g/mol. The number of nitrogens with one attached hydrogen (secondary N) is 1. The minimum absolute atomic E-state index is 0.0334. The number of hydrazone groups is 1. The van der Waals surface area contributed by atoms with Gasteiger partial charge in [0.2, 0.25) is 5.91 Å². The summed E-state index contributed by atoms with van der Waals surface area (Å²) in [4.78, 5) is 26.6. The summed E-state index contributed by atoms with van der Waals surface area (Å²) in [5.41, 5.74) is 8.92. The van der Waals surface area contributed by atoms with Crippen molar-refractivity contribution in [2.24, 2.45) is 5.10 Å². The SMILES string of the molecule is CCCc1c(Cc2ccc(-c3ccccc3)c(C3=NNC(=O)C3)c2)c(=O)n(C2CCC(OCC(C)(C)O)CC2)c2ccnn12. The molecule has 1 aliphatic carbocycles. The molecule has 9 heteroatoms. The predicted octanol–water partition coefficient (Wildman–Crippen LogP) is 5.20. The van der Waals surface area contributed by atoms with Crippen molar-refractivity contribution in [1.82, 2.24) is 19.6 Å². The standard InChI is InChI=1S/C35H41N5O4/c1-4-8-31-29(20-23-11-16-27(24-9-6-5-7-10-24)28(19-23)30-21-32(41)38-37-30)34(42)39(33-17-18-36-40(31)33)25-12-14-26(15-13-25)44-22-35(2,3)43/h5-7,9-11,16-19,25-26,43H,4,8,12-15,20-22H2,1-3H3,(H,38,41). The van der Waals surface area contributed by atoms with Crippen LogP contribution in [-0.2, 0) is 22.4 Å². The van der Waals surface area contributed by atoms with Gasteiger partial charge >= 0.3 is 0 Å². The zero-order valence-corrected chi connectivity index (χ0v) is 25.8. The summed E-state index contributed by atoms with van der Waals surface area (Å²) in [6.45, 7) is 5.93. The lowest BCUT2D eigenvalue weighted by atomic mass is 9.91. The first-order valence-corrected chi connectivity index (χ1v) is 15.7. The van der Waals surface area contributed by atoms with Gasteiger partial charge in [-0.25, -0.2) is 9.94 Å². The second kappa shape index (κ2) is 12.5. The first-order valence-electron chi connectivity index (χ1n) is 15.7. The van der Waals surface area contributed by atoms with Crippen LogP contribution in [0.15, 0.2) is 70.7 Å². The molecule has 0 unspecified atom stereocenters. The molecule has 4 aromatic rings. The van der Waals surface area contributed by atoms with Gasteiger partial charge in [0.25, 0.3) is 5.56 Å². The summed E-state index contributed by atoms with van der Waals surface area (Å²) in [6, 6.07) is 18.3. The molecule has 230 valence electrons. The van der Waals surface area contributed by atoms with Crippen LogP contribution in [0.3, 0.4) is 0 Å². The quantitative estimate of drug-likeness (QED) is 0.262. The Labute approximate surface area is 257 Å². The zero-order valence-electron chi connectivity index (χ0n) is 25.8. The summed E-state index contributed by atoms with van der Waals surface area (Å²) in [5, 5.41) is 19.1. The number of benzene rings is 2. The van der Waals surface area contributed by atoms with Gasteiger partial charge in [-0.05, 0) is 68.7 Å². The summed E-state index contributed by atoms with van der Waals surface area (Å²) < 4.78 is 9.91. The zero-order chi connectivity index (χ0) is 30.8. The van der Waals surface area contributed by atoms with Gasteiger partial charge in [-0.15, -0.1) is 0 Å². The molecule has 3 heterocycles. The Hall–Kier alpha value is -4.08. The van der Waals surface area contributed by atoms with Gasteiger partial charge in [0.1, 0.15) is 5.65 Å². The number of rotatable bonds is 10. The number of aromatic nitrogens is 3. The maximum absolute atomic E-state index is 14.5. The van der Waals surface area contributed by atoms with Gasteiger partial charge in [0.05, 0.1) is 42.3 Å². The molecule has 0 bridgehead atoms. The van der Waals surface area contributed by atoms with Gasteiger partial charge in [-0.3, -0.25) is 14.2 Å². The van der Waals surface area contributed by atoms with E-state index in [2.05, 4.69) is 52.9 Å². The lowest BCUT2D eigenvalue weighted by Gasteiger charge is -2.32. The Morgan fingerprint density at radius 2 is 1.80 bits per heavy atom. The molecule has 1 fully saturated rings.